The second-order valence-corrected chi connectivity index (χ2v) is 8.98. The first-order valence-corrected chi connectivity index (χ1v) is 9.94. The van der Waals surface area contributed by atoms with E-state index >= 15 is 0 Å². The average Bonchev–Trinajstić information content (AvgIpc) is 2.63. The standard InChI is InChI=1S/C26H30O4/c1-25(2,3)29-23(27)17-11-19-7-13-21(14-8-19)22-15-9-20(10-16-22)12-18-24(28)30-26(4,5)6/h7-18H,1-6H3/b17-11+,18-12?. The Hall–Kier alpha value is -3.14. The molecule has 2 rings (SSSR count). The Labute approximate surface area is 179 Å². The summed E-state index contributed by atoms with van der Waals surface area (Å²) in [6.07, 6.45) is 6.35. The van der Waals surface area contributed by atoms with Crippen molar-refractivity contribution in [3.05, 3.63) is 71.8 Å². The molecule has 0 fully saturated rings. The number of carbonyl (C=O) groups excluding carboxylic acids is 2. The van der Waals surface area contributed by atoms with Crippen molar-refractivity contribution in [3.8, 4) is 11.1 Å². The van der Waals surface area contributed by atoms with E-state index in [1.54, 1.807) is 12.2 Å². The zero-order chi connectivity index (χ0) is 22.4. The van der Waals surface area contributed by atoms with Gasteiger partial charge in [-0.1, -0.05) is 48.5 Å². The molecular weight excluding hydrogens is 376 g/mol. The van der Waals surface area contributed by atoms with Crippen LogP contribution in [0.25, 0.3) is 23.3 Å². The molecule has 0 radical (unpaired) electrons. The van der Waals surface area contributed by atoms with Crippen molar-refractivity contribution < 1.29 is 19.1 Å². The van der Waals surface area contributed by atoms with Crippen LogP contribution in [0.1, 0.15) is 52.7 Å². The van der Waals surface area contributed by atoms with Gasteiger partial charge in [-0.2, -0.15) is 0 Å². The molecule has 0 atom stereocenters. The van der Waals surface area contributed by atoms with Gasteiger partial charge in [0.2, 0.25) is 0 Å². The van der Waals surface area contributed by atoms with E-state index in [0.29, 0.717) is 0 Å². The third-order valence-corrected chi connectivity index (χ3v) is 3.79. The Bertz CT molecular complexity index is 839. The largest absolute Gasteiger partial charge is 0.457 e. The molecule has 0 amide bonds. The minimum absolute atomic E-state index is 0.360. The number of rotatable bonds is 5. The molecule has 4 nitrogen and oxygen atoms in total. The van der Waals surface area contributed by atoms with E-state index in [1.165, 1.54) is 12.2 Å². The molecule has 2 aromatic rings. The fraction of sp³-hybridized carbons (Fsp3) is 0.308. The summed E-state index contributed by atoms with van der Waals surface area (Å²) in [4.78, 5) is 23.5. The van der Waals surface area contributed by atoms with Crippen molar-refractivity contribution in [2.75, 3.05) is 0 Å². The van der Waals surface area contributed by atoms with E-state index in [9.17, 15) is 9.59 Å². The topological polar surface area (TPSA) is 52.6 Å². The molecule has 0 unspecified atom stereocenters. The summed E-state index contributed by atoms with van der Waals surface area (Å²) in [7, 11) is 0. The number of esters is 2. The molecule has 0 aliphatic carbocycles. The predicted molar refractivity (Wildman–Crippen MR) is 122 cm³/mol. The third kappa shape index (κ3) is 8.48. The number of hydrogen-bond acceptors (Lipinski definition) is 4. The SMILES string of the molecule is CC(C)(C)OC(=O)C=Cc1ccc(-c2ccc(/C=C/C(=O)OC(C)(C)C)cc2)cc1. The van der Waals surface area contributed by atoms with Crippen LogP contribution >= 0.6 is 0 Å². The first-order chi connectivity index (χ1) is 13.9. The first-order valence-electron chi connectivity index (χ1n) is 9.94. The van der Waals surface area contributed by atoms with E-state index in [0.717, 1.165) is 22.3 Å². The smallest absolute Gasteiger partial charge is 0.331 e. The Morgan fingerprint density at radius 3 is 1.17 bits per heavy atom. The zero-order valence-electron chi connectivity index (χ0n) is 18.6. The summed E-state index contributed by atoms with van der Waals surface area (Å²) in [5.41, 5.74) is 2.96. The number of carbonyl (C=O) groups is 2. The van der Waals surface area contributed by atoms with Crippen molar-refractivity contribution in [2.24, 2.45) is 0 Å². The van der Waals surface area contributed by atoms with Gasteiger partial charge in [0.05, 0.1) is 0 Å². The molecule has 0 aliphatic heterocycles. The Balaban J connectivity index is 2.00. The minimum Gasteiger partial charge on any atom is -0.457 e. The van der Waals surface area contributed by atoms with Crippen molar-refractivity contribution in [3.63, 3.8) is 0 Å². The van der Waals surface area contributed by atoms with E-state index in [4.69, 9.17) is 9.47 Å². The van der Waals surface area contributed by atoms with Crippen LogP contribution in [0.2, 0.25) is 0 Å². The molecule has 2 aromatic carbocycles. The Morgan fingerprint density at radius 1 is 0.600 bits per heavy atom. The fourth-order valence-electron chi connectivity index (χ4n) is 2.57. The van der Waals surface area contributed by atoms with Crippen molar-refractivity contribution in [1.82, 2.24) is 0 Å². The number of hydrogen-bond donors (Lipinski definition) is 0. The molecule has 158 valence electrons. The molecule has 0 aromatic heterocycles. The van der Waals surface area contributed by atoms with Crippen LogP contribution in [-0.2, 0) is 19.1 Å². The highest BCUT2D eigenvalue weighted by Gasteiger charge is 2.14. The lowest BCUT2D eigenvalue weighted by atomic mass is 10.0. The quantitative estimate of drug-likeness (QED) is 0.447. The summed E-state index contributed by atoms with van der Waals surface area (Å²) >= 11 is 0. The molecule has 4 heteroatoms. The van der Waals surface area contributed by atoms with Crippen LogP contribution in [0.3, 0.4) is 0 Å². The molecule has 30 heavy (non-hydrogen) atoms. The van der Waals surface area contributed by atoms with E-state index in [-0.39, 0.29) is 11.9 Å². The summed E-state index contributed by atoms with van der Waals surface area (Å²) in [6, 6.07) is 15.8. The maximum atomic E-state index is 11.8. The molecule has 0 heterocycles. The second kappa shape index (κ2) is 9.57. The number of benzene rings is 2. The molecule has 0 saturated heterocycles. The summed E-state index contributed by atoms with van der Waals surface area (Å²) in [6.45, 7) is 11.0. The molecule has 0 aliphatic rings. The van der Waals surface area contributed by atoms with Gasteiger partial charge in [0.1, 0.15) is 11.2 Å². The van der Waals surface area contributed by atoms with E-state index in [2.05, 4.69) is 0 Å². The zero-order valence-corrected chi connectivity index (χ0v) is 18.6. The van der Waals surface area contributed by atoms with Gasteiger partial charge in [-0.15, -0.1) is 0 Å². The number of ether oxygens (including phenoxy) is 2. The van der Waals surface area contributed by atoms with Crippen LogP contribution in [0.5, 0.6) is 0 Å². The van der Waals surface area contributed by atoms with E-state index < -0.39 is 11.2 Å². The Kier molecular flexibility index (Phi) is 7.38. The fourth-order valence-corrected chi connectivity index (χ4v) is 2.57. The highest BCUT2D eigenvalue weighted by atomic mass is 16.6. The molecule has 0 bridgehead atoms. The summed E-state index contributed by atoms with van der Waals surface area (Å²) in [5.74, 6) is -0.719. The lowest BCUT2D eigenvalue weighted by Gasteiger charge is -2.17. The maximum Gasteiger partial charge on any atom is 0.331 e. The molecule has 0 N–H and O–H groups in total. The summed E-state index contributed by atoms with van der Waals surface area (Å²) < 4.78 is 10.5. The van der Waals surface area contributed by atoms with Crippen molar-refractivity contribution in [2.45, 2.75) is 52.7 Å². The van der Waals surface area contributed by atoms with Gasteiger partial charge >= 0.3 is 11.9 Å². The first kappa shape index (κ1) is 23.1. The highest BCUT2D eigenvalue weighted by molar-refractivity contribution is 5.88. The second-order valence-electron chi connectivity index (χ2n) is 8.98. The van der Waals surface area contributed by atoms with Gasteiger partial charge < -0.3 is 9.47 Å². The lowest BCUT2D eigenvalue weighted by Crippen LogP contribution is -2.22. The normalized spacial score (nSPS) is 12.3. The van der Waals surface area contributed by atoms with Gasteiger partial charge in [-0.3, -0.25) is 0 Å². The minimum atomic E-state index is -0.500. The van der Waals surface area contributed by atoms with Gasteiger partial charge in [0, 0.05) is 12.2 Å². The highest BCUT2D eigenvalue weighted by Crippen LogP contribution is 2.21. The van der Waals surface area contributed by atoms with Gasteiger partial charge in [0.15, 0.2) is 0 Å². The third-order valence-electron chi connectivity index (χ3n) is 3.79. The average molecular weight is 407 g/mol. The van der Waals surface area contributed by atoms with E-state index in [1.807, 2.05) is 90.1 Å². The van der Waals surface area contributed by atoms with Crippen LogP contribution in [-0.4, -0.2) is 23.1 Å². The monoisotopic (exact) mass is 406 g/mol. The predicted octanol–water partition coefficient (Wildman–Crippen LogP) is 6.06. The van der Waals surface area contributed by atoms with Crippen LogP contribution in [0.4, 0.5) is 0 Å². The van der Waals surface area contributed by atoms with Crippen molar-refractivity contribution in [1.29, 1.82) is 0 Å². The maximum absolute atomic E-state index is 11.8. The molecule has 0 saturated carbocycles. The van der Waals surface area contributed by atoms with Gasteiger partial charge in [-0.05, 0) is 75.9 Å². The molecule has 0 spiro atoms. The van der Waals surface area contributed by atoms with Crippen LogP contribution < -0.4 is 0 Å². The van der Waals surface area contributed by atoms with Crippen molar-refractivity contribution >= 4 is 24.1 Å². The summed E-state index contributed by atoms with van der Waals surface area (Å²) in [5, 5.41) is 0. The lowest BCUT2D eigenvalue weighted by molar-refractivity contribution is -0.149. The van der Waals surface area contributed by atoms with Gasteiger partial charge in [0.25, 0.3) is 0 Å². The Morgan fingerprint density at radius 2 is 0.900 bits per heavy atom. The van der Waals surface area contributed by atoms with Crippen LogP contribution in [0.15, 0.2) is 60.7 Å². The molecular formula is C26H30O4. The van der Waals surface area contributed by atoms with Gasteiger partial charge in [-0.25, -0.2) is 9.59 Å². The van der Waals surface area contributed by atoms with Crippen LogP contribution in [0, 0.1) is 0 Å².